The number of halogens is 2. The first kappa shape index (κ1) is 19.4. The normalized spacial score (nSPS) is 15.5. The van der Waals surface area contributed by atoms with Crippen molar-refractivity contribution in [2.75, 3.05) is 31.6 Å². The molecule has 1 aliphatic heterocycles. The maximum absolute atomic E-state index is 14.2. The van der Waals surface area contributed by atoms with E-state index in [1.165, 1.54) is 12.1 Å². The molecule has 1 heterocycles. The van der Waals surface area contributed by atoms with Gasteiger partial charge in [0.2, 0.25) is 10.0 Å². The van der Waals surface area contributed by atoms with Crippen molar-refractivity contribution < 1.29 is 26.7 Å². The van der Waals surface area contributed by atoms with E-state index in [1.54, 1.807) is 13.0 Å². The van der Waals surface area contributed by atoms with Gasteiger partial charge in [0.05, 0.1) is 18.9 Å². The molecule has 0 spiro atoms. The van der Waals surface area contributed by atoms with Crippen molar-refractivity contribution in [3.8, 4) is 0 Å². The SMILES string of the molecule is Cc1ccc(F)c(NC(=O)c2ccc(F)c(S(=O)(=O)N3CCOCC3)c2)c1. The number of hydrogen-bond acceptors (Lipinski definition) is 4. The Morgan fingerprint density at radius 2 is 1.74 bits per heavy atom. The quantitative estimate of drug-likeness (QED) is 0.862. The molecule has 1 amide bonds. The van der Waals surface area contributed by atoms with Crippen molar-refractivity contribution in [3.05, 3.63) is 59.2 Å². The highest BCUT2D eigenvalue weighted by molar-refractivity contribution is 7.89. The molecule has 2 aromatic carbocycles. The van der Waals surface area contributed by atoms with E-state index in [0.717, 1.165) is 28.1 Å². The molecule has 9 heteroatoms. The second-order valence-corrected chi connectivity index (χ2v) is 8.01. The average Bonchev–Trinajstić information content (AvgIpc) is 2.65. The Bertz CT molecular complexity index is 973. The molecule has 1 N–H and O–H groups in total. The third-order valence-electron chi connectivity index (χ3n) is 4.15. The van der Waals surface area contributed by atoms with Gasteiger partial charge in [-0.15, -0.1) is 0 Å². The van der Waals surface area contributed by atoms with Crippen LogP contribution >= 0.6 is 0 Å². The molecule has 0 saturated carbocycles. The number of carbonyl (C=O) groups excluding carboxylic acids is 1. The first-order valence-electron chi connectivity index (χ1n) is 8.24. The predicted molar refractivity (Wildman–Crippen MR) is 95.1 cm³/mol. The third-order valence-corrected chi connectivity index (χ3v) is 6.06. The molecule has 3 rings (SSSR count). The van der Waals surface area contributed by atoms with E-state index in [9.17, 15) is 22.0 Å². The summed E-state index contributed by atoms with van der Waals surface area (Å²) < 4.78 is 59.6. The van der Waals surface area contributed by atoms with Gasteiger partial charge in [0, 0.05) is 18.7 Å². The van der Waals surface area contributed by atoms with E-state index in [2.05, 4.69) is 5.32 Å². The van der Waals surface area contributed by atoms with Gasteiger partial charge in [0.25, 0.3) is 5.91 Å². The van der Waals surface area contributed by atoms with Gasteiger partial charge in [-0.1, -0.05) is 6.07 Å². The fraction of sp³-hybridized carbons (Fsp3) is 0.278. The van der Waals surface area contributed by atoms with Gasteiger partial charge >= 0.3 is 0 Å². The molecule has 1 aliphatic rings. The molecular weight excluding hydrogens is 378 g/mol. The number of rotatable bonds is 4. The van der Waals surface area contributed by atoms with Crippen molar-refractivity contribution in [2.45, 2.75) is 11.8 Å². The second-order valence-electron chi connectivity index (χ2n) is 6.10. The summed E-state index contributed by atoms with van der Waals surface area (Å²) in [5.41, 5.74) is 0.604. The summed E-state index contributed by atoms with van der Waals surface area (Å²) in [6.07, 6.45) is 0. The molecule has 27 heavy (non-hydrogen) atoms. The topological polar surface area (TPSA) is 75.7 Å². The average molecular weight is 396 g/mol. The van der Waals surface area contributed by atoms with Gasteiger partial charge in [-0.2, -0.15) is 4.31 Å². The van der Waals surface area contributed by atoms with Crippen molar-refractivity contribution >= 4 is 21.6 Å². The van der Waals surface area contributed by atoms with Gasteiger partial charge in [-0.3, -0.25) is 4.79 Å². The number of nitrogens with one attached hydrogen (secondary N) is 1. The van der Waals surface area contributed by atoms with Crippen LogP contribution in [0.1, 0.15) is 15.9 Å². The van der Waals surface area contributed by atoms with Gasteiger partial charge in [0.15, 0.2) is 0 Å². The highest BCUT2D eigenvalue weighted by Crippen LogP contribution is 2.23. The van der Waals surface area contributed by atoms with Crippen molar-refractivity contribution in [1.82, 2.24) is 4.31 Å². The Hall–Kier alpha value is -2.36. The molecule has 2 aromatic rings. The summed E-state index contributed by atoms with van der Waals surface area (Å²) in [5, 5.41) is 2.38. The summed E-state index contributed by atoms with van der Waals surface area (Å²) in [7, 11) is -4.11. The van der Waals surface area contributed by atoms with Crippen molar-refractivity contribution in [3.63, 3.8) is 0 Å². The van der Waals surface area contributed by atoms with Crippen LogP contribution < -0.4 is 5.32 Å². The number of ether oxygens (including phenoxy) is 1. The summed E-state index contributed by atoms with van der Waals surface area (Å²) in [4.78, 5) is 11.8. The smallest absolute Gasteiger partial charge is 0.255 e. The van der Waals surface area contributed by atoms with Crippen LogP contribution in [0.3, 0.4) is 0 Å². The lowest BCUT2D eigenvalue weighted by Crippen LogP contribution is -2.41. The minimum atomic E-state index is -4.11. The standard InChI is InChI=1S/C18H18F2N2O4S/c1-12-2-4-14(19)16(10-12)21-18(23)13-3-5-15(20)17(11-13)27(24,25)22-6-8-26-9-7-22/h2-5,10-11H,6-9H2,1H3,(H,21,23). The fourth-order valence-corrected chi connectivity index (χ4v) is 4.20. The van der Waals surface area contributed by atoms with Gasteiger partial charge < -0.3 is 10.1 Å². The zero-order chi connectivity index (χ0) is 19.6. The summed E-state index contributed by atoms with van der Waals surface area (Å²) >= 11 is 0. The molecule has 0 atom stereocenters. The molecule has 6 nitrogen and oxygen atoms in total. The lowest BCUT2D eigenvalue weighted by atomic mass is 10.2. The zero-order valence-corrected chi connectivity index (χ0v) is 15.4. The number of aryl methyl sites for hydroxylation is 1. The van der Waals surface area contributed by atoms with E-state index in [1.807, 2.05) is 0 Å². The fourth-order valence-electron chi connectivity index (χ4n) is 2.70. The molecule has 144 valence electrons. The van der Waals surface area contributed by atoms with Crippen molar-refractivity contribution in [2.24, 2.45) is 0 Å². The molecule has 0 unspecified atom stereocenters. The number of morpholine rings is 1. The number of hydrogen-bond donors (Lipinski definition) is 1. The van der Waals surface area contributed by atoms with E-state index >= 15 is 0 Å². The third kappa shape index (κ3) is 4.15. The molecule has 0 radical (unpaired) electrons. The summed E-state index contributed by atoms with van der Waals surface area (Å²) in [6, 6.07) is 7.23. The van der Waals surface area contributed by atoms with Crippen LogP contribution in [0.2, 0.25) is 0 Å². The van der Waals surface area contributed by atoms with Crippen LogP contribution in [0.25, 0.3) is 0 Å². The van der Waals surface area contributed by atoms with E-state index in [4.69, 9.17) is 4.74 Å². The first-order valence-corrected chi connectivity index (χ1v) is 9.68. The maximum atomic E-state index is 14.2. The van der Waals surface area contributed by atoms with Gasteiger partial charge in [0.1, 0.15) is 16.5 Å². The Morgan fingerprint density at radius 3 is 2.44 bits per heavy atom. The maximum Gasteiger partial charge on any atom is 0.255 e. The van der Waals surface area contributed by atoms with Crippen LogP contribution in [-0.2, 0) is 14.8 Å². The zero-order valence-electron chi connectivity index (χ0n) is 14.5. The summed E-state index contributed by atoms with van der Waals surface area (Å²) in [6.45, 7) is 2.38. The monoisotopic (exact) mass is 396 g/mol. The number of amides is 1. The molecule has 1 fully saturated rings. The van der Waals surface area contributed by atoms with E-state index < -0.39 is 32.5 Å². The Balaban J connectivity index is 1.90. The Labute approximate surface area is 155 Å². The highest BCUT2D eigenvalue weighted by Gasteiger charge is 2.29. The van der Waals surface area contributed by atoms with Gasteiger partial charge in [-0.25, -0.2) is 17.2 Å². The Morgan fingerprint density at radius 1 is 1.07 bits per heavy atom. The first-order chi connectivity index (χ1) is 12.8. The van der Waals surface area contributed by atoms with Crippen LogP contribution in [0, 0.1) is 18.6 Å². The largest absolute Gasteiger partial charge is 0.379 e. The number of anilines is 1. The molecule has 1 saturated heterocycles. The van der Waals surface area contributed by atoms with Crippen LogP contribution in [-0.4, -0.2) is 44.9 Å². The molecule has 0 aromatic heterocycles. The molecular formula is C18H18F2N2O4S. The molecule has 0 bridgehead atoms. The van der Waals surface area contributed by atoms with Crippen LogP contribution in [0.4, 0.5) is 14.5 Å². The number of carbonyl (C=O) groups is 1. The highest BCUT2D eigenvalue weighted by atomic mass is 32.2. The summed E-state index contributed by atoms with van der Waals surface area (Å²) in [5.74, 6) is -2.32. The minimum absolute atomic E-state index is 0.0399. The molecule has 0 aliphatic carbocycles. The number of sulfonamides is 1. The lowest BCUT2D eigenvalue weighted by Gasteiger charge is -2.26. The minimum Gasteiger partial charge on any atom is -0.379 e. The number of nitrogens with zero attached hydrogens (tertiary/aromatic N) is 1. The van der Waals surface area contributed by atoms with Crippen LogP contribution in [0.15, 0.2) is 41.3 Å². The Kier molecular flexibility index (Phi) is 5.54. The predicted octanol–water partition coefficient (Wildman–Crippen LogP) is 2.55. The van der Waals surface area contributed by atoms with Crippen LogP contribution in [0.5, 0.6) is 0 Å². The second kappa shape index (κ2) is 7.71. The van der Waals surface area contributed by atoms with E-state index in [0.29, 0.717) is 0 Å². The van der Waals surface area contributed by atoms with Crippen molar-refractivity contribution in [1.29, 1.82) is 0 Å². The van der Waals surface area contributed by atoms with Gasteiger partial charge in [-0.05, 0) is 42.8 Å². The lowest BCUT2D eigenvalue weighted by molar-refractivity contribution is 0.0729. The van der Waals surface area contributed by atoms with E-state index in [-0.39, 0.29) is 37.6 Å². The number of benzene rings is 2.